The van der Waals surface area contributed by atoms with Gasteiger partial charge < -0.3 is 5.11 Å². The minimum atomic E-state index is -0.360. The number of thiophene rings is 2. The second-order valence-electron chi connectivity index (χ2n) is 4.37. The van der Waals surface area contributed by atoms with Crippen LogP contribution in [-0.2, 0) is 6.42 Å². The van der Waals surface area contributed by atoms with Gasteiger partial charge in [0, 0.05) is 4.70 Å². The van der Waals surface area contributed by atoms with Gasteiger partial charge in [0.1, 0.15) is 0 Å². The molecule has 0 aliphatic heterocycles. The summed E-state index contributed by atoms with van der Waals surface area (Å²) in [5.41, 5.74) is 2.39. The molecule has 2 heterocycles. The molecule has 0 spiro atoms. The lowest BCUT2D eigenvalue weighted by Gasteiger charge is -2.09. The highest BCUT2D eigenvalue weighted by Gasteiger charge is 2.12. The van der Waals surface area contributed by atoms with Crippen LogP contribution in [0, 0.1) is 0 Å². The van der Waals surface area contributed by atoms with Crippen molar-refractivity contribution in [3.05, 3.63) is 57.6 Å². The average molecular weight is 274 g/mol. The molecule has 92 valence electrons. The van der Waals surface area contributed by atoms with Crippen LogP contribution in [0.3, 0.4) is 0 Å². The Balaban J connectivity index is 1.77. The van der Waals surface area contributed by atoms with Gasteiger partial charge in [0.05, 0.1) is 6.10 Å². The summed E-state index contributed by atoms with van der Waals surface area (Å²) in [7, 11) is 0. The summed E-state index contributed by atoms with van der Waals surface area (Å²) in [6.45, 7) is 0. The molecule has 1 N–H and O–H groups in total. The third-order valence-corrected chi connectivity index (χ3v) is 4.87. The lowest BCUT2D eigenvalue weighted by atomic mass is 10.0. The molecule has 2 aromatic heterocycles. The molecule has 1 unspecified atom stereocenters. The molecule has 0 saturated carbocycles. The Labute approximate surface area is 114 Å². The predicted octanol–water partition coefficient (Wildman–Crippen LogP) is 4.63. The fourth-order valence-corrected chi connectivity index (χ4v) is 3.86. The van der Waals surface area contributed by atoms with Gasteiger partial charge in [0.2, 0.25) is 0 Å². The maximum absolute atomic E-state index is 10.3. The van der Waals surface area contributed by atoms with Crippen molar-refractivity contribution in [1.82, 2.24) is 0 Å². The standard InChI is InChI=1S/C15H14OS2/c16-14(6-5-11-7-8-17-9-11)13-10-18-15-4-2-1-3-12(13)15/h1-4,7-10,14,16H,5-6H2. The number of rotatable bonds is 4. The first-order chi connectivity index (χ1) is 8.84. The van der Waals surface area contributed by atoms with E-state index in [2.05, 4.69) is 34.3 Å². The monoisotopic (exact) mass is 274 g/mol. The zero-order chi connectivity index (χ0) is 12.4. The third-order valence-electron chi connectivity index (χ3n) is 3.16. The van der Waals surface area contributed by atoms with Crippen LogP contribution in [0.25, 0.3) is 10.1 Å². The highest BCUT2D eigenvalue weighted by atomic mass is 32.1. The number of aryl methyl sites for hydroxylation is 1. The van der Waals surface area contributed by atoms with Gasteiger partial charge >= 0.3 is 0 Å². The van der Waals surface area contributed by atoms with Crippen molar-refractivity contribution in [1.29, 1.82) is 0 Å². The van der Waals surface area contributed by atoms with Gasteiger partial charge in [-0.05, 0) is 57.6 Å². The number of hydrogen-bond donors (Lipinski definition) is 1. The molecule has 0 amide bonds. The van der Waals surface area contributed by atoms with E-state index in [0.29, 0.717) is 0 Å². The number of aliphatic hydroxyl groups is 1. The van der Waals surface area contributed by atoms with Crippen LogP contribution in [-0.4, -0.2) is 5.11 Å². The van der Waals surface area contributed by atoms with Gasteiger partial charge in [-0.15, -0.1) is 11.3 Å². The van der Waals surface area contributed by atoms with Crippen molar-refractivity contribution in [2.75, 3.05) is 0 Å². The Morgan fingerprint density at radius 1 is 1.11 bits per heavy atom. The van der Waals surface area contributed by atoms with Crippen LogP contribution in [0.15, 0.2) is 46.5 Å². The van der Waals surface area contributed by atoms with Crippen molar-refractivity contribution in [3.8, 4) is 0 Å². The summed E-state index contributed by atoms with van der Waals surface area (Å²) < 4.78 is 1.25. The first-order valence-corrected chi connectivity index (χ1v) is 7.82. The summed E-state index contributed by atoms with van der Waals surface area (Å²) in [5.74, 6) is 0. The molecule has 3 heteroatoms. The van der Waals surface area contributed by atoms with Crippen LogP contribution in [0.2, 0.25) is 0 Å². The van der Waals surface area contributed by atoms with Crippen LogP contribution in [0.5, 0.6) is 0 Å². The van der Waals surface area contributed by atoms with E-state index in [0.717, 1.165) is 18.4 Å². The van der Waals surface area contributed by atoms with Gasteiger partial charge in [-0.25, -0.2) is 0 Å². The number of benzene rings is 1. The summed E-state index contributed by atoms with van der Waals surface area (Å²) >= 11 is 3.42. The predicted molar refractivity (Wildman–Crippen MR) is 79.4 cm³/mol. The highest BCUT2D eigenvalue weighted by Crippen LogP contribution is 2.32. The van der Waals surface area contributed by atoms with E-state index in [1.807, 2.05) is 12.1 Å². The molecule has 0 aliphatic rings. The molecule has 3 rings (SSSR count). The Kier molecular flexibility index (Phi) is 3.46. The molecule has 0 aliphatic carbocycles. The van der Waals surface area contributed by atoms with Crippen molar-refractivity contribution >= 4 is 32.8 Å². The van der Waals surface area contributed by atoms with E-state index in [9.17, 15) is 5.11 Å². The van der Waals surface area contributed by atoms with Crippen LogP contribution < -0.4 is 0 Å². The molecule has 0 radical (unpaired) electrons. The SMILES string of the molecule is OC(CCc1ccsc1)c1csc2ccccc12. The summed E-state index contributed by atoms with van der Waals surface area (Å²) in [6.07, 6.45) is 1.37. The third kappa shape index (κ3) is 2.34. The molecule has 18 heavy (non-hydrogen) atoms. The van der Waals surface area contributed by atoms with Crippen molar-refractivity contribution in [3.63, 3.8) is 0 Å². The number of hydrogen-bond acceptors (Lipinski definition) is 3. The number of fused-ring (bicyclic) bond motifs is 1. The molecule has 1 nitrogen and oxygen atoms in total. The first-order valence-electron chi connectivity index (χ1n) is 6.00. The quantitative estimate of drug-likeness (QED) is 0.735. The topological polar surface area (TPSA) is 20.2 Å². The second-order valence-corrected chi connectivity index (χ2v) is 6.06. The summed E-state index contributed by atoms with van der Waals surface area (Å²) in [5, 5.41) is 17.8. The maximum atomic E-state index is 10.3. The van der Waals surface area contributed by atoms with E-state index in [4.69, 9.17) is 0 Å². The largest absolute Gasteiger partial charge is 0.388 e. The molecular formula is C15H14OS2. The normalized spacial score (nSPS) is 12.9. The Bertz CT molecular complexity index is 625. The van der Waals surface area contributed by atoms with E-state index < -0.39 is 0 Å². The van der Waals surface area contributed by atoms with Crippen LogP contribution >= 0.6 is 22.7 Å². The first kappa shape index (κ1) is 11.9. The molecule has 1 aromatic carbocycles. The van der Waals surface area contributed by atoms with Crippen LogP contribution in [0.4, 0.5) is 0 Å². The second kappa shape index (κ2) is 5.22. The molecule has 3 aromatic rings. The summed E-state index contributed by atoms with van der Waals surface area (Å²) in [4.78, 5) is 0. The zero-order valence-corrected chi connectivity index (χ0v) is 11.5. The van der Waals surface area contributed by atoms with Crippen molar-refractivity contribution in [2.24, 2.45) is 0 Å². The summed E-state index contributed by atoms with van der Waals surface area (Å²) in [6, 6.07) is 10.4. The van der Waals surface area contributed by atoms with E-state index >= 15 is 0 Å². The van der Waals surface area contributed by atoms with Gasteiger partial charge in [-0.2, -0.15) is 11.3 Å². The fraction of sp³-hybridized carbons (Fsp3) is 0.200. The Morgan fingerprint density at radius 3 is 2.83 bits per heavy atom. The fourth-order valence-electron chi connectivity index (χ4n) is 2.15. The lowest BCUT2D eigenvalue weighted by Crippen LogP contribution is -1.98. The van der Waals surface area contributed by atoms with Crippen molar-refractivity contribution in [2.45, 2.75) is 18.9 Å². The average Bonchev–Trinajstić information content (AvgIpc) is 3.05. The lowest BCUT2D eigenvalue weighted by molar-refractivity contribution is 0.170. The minimum Gasteiger partial charge on any atom is -0.388 e. The van der Waals surface area contributed by atoms with Gasteiger partial charge in [0.25, 0.3) is 0 Å². The van der Waals surface area contributed by atoms with E-state index in [1.165, 1.54) is 15.6 Å². The Hall–Kier alpha value is -1.16. The molecular weight excluding hydrogens is 260 g/mol. The van der Waals surface area contributed by atoms with Gasteiger partial charge in [-0.3, -0.25) is 0 Å². The van der Waals surface area contributed by atoms with Crippen LogP contribution in [0.1, 0.15) is 23.7 Å². The molecule has 1 atom stereocenters. The zero-order valence-electron chi connectivity index (χ0n) is 9.87. The highest BCUT2D eigenvalue weighted by molar-refractivity contribution is 7.17. The minimum absolute atomic E-state index is 0.360. The maximum Gasteiger partial charge on any atom is 0.0807 e. The van der Waals surface area contributed by atoms with Crippen molar-refractivity contribution < 1.29 is 5.11 Å². The Morgan fingerprint density at radius 2 is 2.00 bits per heavy atom. The van der Waals surface area contributed by atoms with E-state index in [-0.39, 0.29) is 6.10 Å². The molecule has 0 bridgehead atoms. The smallest absolute Gasteiger partial charge is 0.0807 e. The van der Waals surface area contributed by atoms with E-state index in [1.54, 1.807) is 22.7 Å². The van der Waals surface area contributed by atoms with Gasteiger partial charge in [0.15, 0.2) is 0 Å². The molecule has 0 fully saturated rings. The molecule has 0 saturated heterocycles. The number of aliphatic hydroxyl groups excluding tert-OH is 1. The van der Waals surface area contributed by atoms with Gasteiger partial charge in [-0.1, -0.05) is 18.2 Å².